The first-order valence-corrected chi connectivity index (χ1v) is 4.91. The largest absolute Gasteiger partial charge is 0.412 e. The number of hydrogen-bond donors (Lipinski definition) is 1. The van der Waals surface area contributed by atoms with E-state index < -0.39 is 0 Å². The molecule has 0 aliphatic heterocycles. The number of hydrogen-bond acceptors (Lipinski definition) is 1. The fourth-order valence-electron chi connectivity index (χ4n) is 1.21. The summed E-state index contributed by atoms with van der Waals surface area (Å²) in [6.45, 7) is 4.54. The summed E-state index contributed by atoms with van der Waals surface area (Å²) < 4.78 is 0. The third-order valence-electron chi connectivity index (χ3n) is 1.96. The van der Waals surface area contributed by atoms with Crippen LogP contribution in [0.2, 0.25) is 0 Å². The molecule has 78 valence electrons. The van der Waals surface area contributed by atoms with Gasteiger partial charge in [-0.25, -0.2) is 0 Å². The molecule has 0 spiro atoms. The molecule has 0 saturated heterocycles. The SMILES string of the molecule is CCCCCCCCCC.N.O. The van der Waals surface area contributed by atoms with Gasteiger partial charge in [0.05, 0.1) is 0 Å². The molecule has 0 unspecified atom stereocenters. The van der Waals surface area contributed by atoms with E-state index in [-0.39, 0.29) is 11.6 Å². The van der Waals surface area contributed by atoms with Crippen molar-refractivity contribution in [3.63, 3.8) is 0 Å². The molecule has 0 radical (unpaired) electrons. The van der Waals surface area contributed by atoms with Gasteiger partial charge in [-0.3, -0.25) is 0 Å². The minimum atomic E-state index is 0. The van der Waals surface area contributed by atoms with E-state index >= 15 is 0 Å². The Hall–Kier alpha value is -0.0800. The molecule has 0 aliphatic rings. The molecule has 0 fully saturated rings. The average molecular weight is 177 g/mol. The van der Waals surface area contributed by atoms with E-state index in [1.165, 1.54) is 51.4 Å². The maximum absolute atomic E-state index is 2.27. The van der Waals surface area contributed by atoms with Crippen LogP contribution in [0.3, 0.4) is 0 Å². The molecule has 2 heteroatoms. The van der Waals surface area contributed by atoms with Crippen LogP contribution in [0.15, 0.2) is 0 Å². The summed E-state index contributed by atoms with van der Waals surface area (Å²) in [5.41, 5.74) is 0. The standard InChI is InChI=1S/C10H22.H3N.H2O/c1-3-5-7-9-10-8-6-4-2;;/h3-10H2,1-2H3;1H3;1H2. The van der Waals surface area contributed by atoms with Gasteiger partial charge in [-0.05, 0) is 0 Å². The monoisotopic (exact) mass is 177 g/mol. The molecule has 0 aromatic heterocycles. The van der Waals surface area contributed by atoms with Crippen LogP contribution in [0.5, 0.6) is 0 Å². The molecule has 0 saturated carbocycles. The molecule has 12 heavy (non-hydrogen) atoms. The van der Waals surface area contributed by atoms with Crippen LogP contribution < -0.4 is 6.15 Å². The first-order chi connectivity index (χ1) is 4.91. The first-order valence-electron chi connectivity index (χ1n) is 4.91. The summed E-state index contributed by atoms with van der Waals surface area (Å²) in [5.74, 6) is 0. The van der Waals surface area contributed by atoms with Gasteiger partial charge in [0.1, 0.15) is 0 Å². The Morgan fingerprint density at radius 1 is 0.583 bits per heavy atom. The lowest BCUT2D eigenvalue weighted by Gasteiger charge is -1.97. The van der Waals surface area contributed by atoms with E-state index in [1.54, 1.807) is 0 Å². The highest BCUT2D eigenvalue weighted by molar-refractivity contribution is 4.43. The fourth-order valence-corrected chi connectivity index (χ4v) is 1.21. The van der Waals surface area contributed by atoms with Gasteiger partial charge in [0.2, 0.25) is 0 Å². The van der Waals surface area contributed by atoms with Gasteiger partial charge in [-0.15, -0.1) is 0 Å². The lowest BCUT2D eigenvalue weighted by molar-refractivity contribution is 0.585. The van der Waals surface area contributed by atoms with E-state index in [0.717, 1.165) is 0 Å². The van der Waals surface area contributed by atoms with Gasteiger partial charge in [0, 0.05) is 0 Å². The second-order valence-electron chi connectivity index (χ2n) is 3.12. The van der Waals surface area contributed by atoms with Crippen LogP contribution in [-0.4, -0.2) is 5.48 Å². The van der Waals surface area contributed by atoms with Crippen molar-refractivity contribution in [2.75, 3.05) is 0 Å². The summed E-state index contributed by atoms with van der Waals surface area (Å²) in [4.78, 5) is 0. The third kappa shape index (κ3) is 16.5. The van der Waals surface area contributed by atoms with E-state index in [0.29, 0.717) is 0 Å². The van der Waals surface area contributed by atoms with Crippen LogP contribution in [0.25, 0.3) is 0 Å². The third-order valence-corrected chi connectivity index (χ3v) is 1.96. The van der Waals surface area contributed by atoms with Crippen LogP contribution in [0, 0.1) is 0 Å². The smallest absolute Gasteiger partial charge is 0.0533 e. The van der Waals surface area contributed by atoms with Crippen molar-refractivity contribution in [3.8, 4) is 0 Å². The molecule has 0 rings (SSSR count). The molecule has 0 atom stereocenters. The van der Waals surface area contributed by atoms with Crippen molar-refractivity contribution in [2.45, 2.75) is 65.2 Å². The predicted molar refractivity (Wildman–Crippen MR) is 56.9 cm³/mol. The van der Waals surface area contributed by atoms with Gasteiger partial charge in [-0.2, -0.15) is 0 Å². The van der Waals surface area contributed by atoms with Crippen LogP contribution in [-0.2, 0) is 0 Å². The molecular weight excluding hydrogens is 150 g/mol. The molecule has 0 bridgehead atoms. The minimum Gasteiger partial charge on any atom is -0.412 e. The minimum absolute atomic E-state index is 0. The topological polar surface area (TPSA) is 66.5 Å². The van der Waals surface area contributed by atoms with Crippen molar-refractivity contribution in [2.24, 2.45) is 0 Å². The Morgan fingerprint density at radius 3 is 1.08 bits per heavy atom. The Labute approximate surface area is 77.6 Å². The highest BCUT2D eigenvalue weighted by Gasteiger charge is 1.87. The van der Waals surface area contributed by atoms with Gasteiger partial charge in [0.25, 0.3) is 0 Å². The molecule has 0 aliphatic carbocycles. The van der Waals surface area contributed by atoms with E-state index in [4.69, 9.17) is 0 Å². The second kappa shape index (κ2) is 17.1. The quantitative estimate of drug-likeness (QED) is 0.594. The molecule has 0 heterocycles. The van der Waals surface area contributed by atoms with E-state index in [1.807, 2.05) is 0 Å². The Morgan fingerprint density at radius 2 is 0.833 bits per heavy atom. The van der Waals surface area contributed by atoms with Crippen molar-refractivity contribution in [1.29, 1.82) is 0 Å². The van der Waals surface area contributed by atoms with Crippen LogP contribution >= 0.6 is 0 Å². The molecule has 0 aromatic rings. The second-order valence-corrected chi connectivity index (χ2v) is 3.12. The Kier molecular flexibility index (Phi) is 25.5. The Balaban J connectivity index is -0.000000405. The van der Waals surface area contributed by atoms with E-state index in [2.05, 4.69) is 13.8 Å². The summed E-state index contributed by atoms with van der Waals surface area (Å²) in [6.07, 6.45) is 11.5. The Bertz CT molecular complexity index is 49.8. The normalized spacial score (nSPS) is 8.50. The molecule has 0 amide bonds. The first kappa shape index (κ1) is 17.9. The number of rotatable bonds is 7. The summed E-state index contributed by atoms with van der Waals surface area (Å²) >= 11 is 0. The maximum atomic E-state index is 2.27. The van der Waals surface area contributed by atoms with Gasteiger partial charge < -0.3 is 11.6 Å². The van der Waals surface area contributed by atoms with Crippen molar-refractivity contribution >= 4 is 0 Å². The summed E-state index contributed by atoms with van der Waals surface area (Å²) in [6, 6.07) is 0. The predicted octanol–water partition coefficient (Wildman–Crippen LogP) is 3.48. The molecule has 5 N–H and O–H groups in total. The lowest BCUT2D eigenvalue weighted by Crippen LogP contribution is -1.77. The van der Waals surface area contributed by atoms with Crippen LogP contribution in [0.4, 0.5) is 0 Å². The molecule has 0 aromatic carbocycles. The summed E-state index contributed by atoms with van der Waals surface area (Å²) in [7, 11) is 0. The van der Waals surface area contributed by atoms with Crippen molar-refractivity contribution < 1.29 is 5.48 Å². The van der Waals surface area contributed by atoms with Crippen LogP contribution in [0.1, 0.15) is 65.2 Å². The van der Waals surface area contributed by atoms with Crippen molar-refractivity contribution in [1.82, 2.24) is 6.15 Å². The zero-order chi connectivity index (χ0) is 7.66. The molecule has 2 nitrogen and oxygen atoms in total. The van der Waals surface area contributed by atoms with E-state index in [9.17, 15) is 0 Å². The van der Waals surface area contributed by atoms with Gasteiger partial charge in [0.15, 0.2) is 0 Å². The zero-order valence-corrected chi connectivity index (χ0v) is 8.86. The number of unbranched alkanes of at least 4 members (excludes halogenated alkanes) is 7. The van der Waals surface area contributed by atoms with Crippen molar-refractivity contribution in [3.05, 3.63) is 0 Å². The zero-order valence-electron chi connectivity index (χ0n) is 8.86. The maximum Gasteiger partial charge on any atom is -0.0533 e. The fraction of sp³-hybridized carbons (Fsp3) is 1.00. The summed E-state index contributed by atoms with van der Waals surface area (Å²) in [5, 5.41) is 0. The molecular formula is C10H27NO. The highest BCUT2D eigenvalue weighted by atomic mass is 16.0. The van der Waals surface area contributed by atoms with Gasteiger partial charge >= 0.3 is 0 Å². The van der Waals surface area contributed by atoms with Gasteiger partial charge in [-0.1, -0.05) is 65.2 Å². The highest BCUT2D eigenvalue weighted by Crippen LogP contribution is 2.07. The average Bonchev–Trinajstić information content (AvgIpc) is 1.97. The lowest BCUT2D eigenvalue weighted by atomic mass is 10.1.